The third kappa shape index (κ3) is 4.00. The quantitative estimate of drug-likeness (QED) is 0.573. The zero-order valence-corrected chi connectivity index (χ0v) is 13.8. The number of aliphatic hydroxyl groups is 2. The number of aliphatic hydroxyl groups excluding tert-OH is 1. The van der Waals surface area contributed by atoms with Crippen molar-refractivity contribution in [1.82, 2.24) is 0 Å². The van der Waals surface area contributed by atoms with Crippen molar-refractivity contribution in [3.8, 4) is 0 Å². The second-order valence-corrected chi connectivity index (χ2v) is 8.13. The zero-order valence-electron chi connectivity index (χ0n) is 12.9. The van der Waals surface area contributed by atoms with E-state index in [-0.39, 0.29) is 0 Å². The van der Waals surface area contributed by atoms with Gasteiger partial charge in [-0.2, -0.15) is 0 Å². The largest absolute Gasteiger partial charge is 0.371 e. The van der Waals surface area contributed by atoms with Crippen LogP contribution >= 0.6 is 6.89 Å². The minimum atomic E-state index is -1.78. The van der Waals surface area contributed by atoms with E-state index in [0.717, 1.165) is 0 Å². The molecule has 0 radical (unpaired) electrons. The molecule has 0 bridgehead atoms. The fraction of sp³-hybridized carbons (Fsp3) is 0.0500. The molecule has 3 aromatic carbocycles. The number of hydrogen-bond donors (Lipinski definition) is 2. The molecule has 0 aliphatic carbocycles. The lowest BCUT2D eigenvalue weighted by Crippen LogP contribution is -2.25. The molecule has 0 fully saturated rings. The SMILES string of the molecule is C=P(c1ccccc1)(c1ccccc1)c1ccccc1.OCO. The summed E-state index contributed by atoms with van der Waals surface area (Å²) in [6.45, 7) is -2.53. The van der Waals surface area contributed by atoms with Crippen LogP contribution < -0.4 is 15.9 Å². The maximum absolute atomic E-state index is 7.12. The molecule has 0 amide bonds. The molecule has 118 valence electrons. The van der Waals surface area contributed by atoms with E-state index in [4.69, 9.17) is 16.5 Å². The molecular formula is C20H21O2P. The summed E-state index contributed by atoms with van der Waals surface area (Å²) >= 11 is 0. The molecule has 0 aliphatic rings. The first-order valence-corrected chi connectivity index (χ1v) is 9.33. The van der Waals surface area contributed by atoms with Gasteiger partial charge in [-0.25, -0.2) is 0 Å². The first kappa shape index (κ1) is 17.2. The molecule has 0 heterocycles. The Morgan fingerprint density at radius 2 is 0.783 bits per heavy atom. The molecule has 3 rings (SSSR count). The average Bonchev–Trinajstić information content (AvgIpc) is 2.64. The van der Waals surface area contributed by atoms with Crippen LogP contribution in [0.25, 0.3) is 0 Å². The Labute approximate surface area is 137 Å². The maximum Gasteiger partial charge on any atom is 0.140 e. The summed E-state index contributed by atoms with van der Waals surface area (Å²) < 4.78 is 0. The van der Waals surface area contributed by atoms with E-state index in [1.165, 1.54) is 15.9 Å². The second kappa shape index (κ2) is 8.50. The molecule has 0 unspecified atom stereocenters. The Bertz CT molecular complexity index is 637. The monoisotopic (exact) mass is 324 g/mol. The Hall–Kier alpha value is -2.12. The molecule has 0 aliphatic heterocycles. The van der Waals surface area contributed by atoms with E-state index in [1.807, 2.05) is 0 Å². The van der Waals surface area contributed by atoms with Gasteiger partial charge in [0.25, 0.3) is 0 Å². The Balaban J connectivity index is 0.000000595. The fourth-order valence-electron chi connectivity index (χ4n) is 2.49. The van der Waals surface area contributed by atoms with E-state index < -0.39 is 13.7 Å². The third-order valence-corrected chi connectivity index (χ3v) is 7.13. The summed E-state index contributed by atoms with van der Waals surface area (Å²) in [6.07, 6.45) is 4.69. The molecule has 0 aromatic heterocycles. The third-order valence-electron chi connectivity index (χ3n) is 3.59. The standard InChI is InChI=1S/C19H17P.CH4O2/c1-20(17-11-5-2-6-12-17,18-13-7-3-8-14-18)19-15-9-4-10-16-19;2-1-3/h2-16H,1H2;2-3H,1H2. The van der Waals surface area contributed by atoms with Gasteiger partial charge in [0.15, 0.2) is 0 Å². The summed E-state index contributed by atoms with van der Waals surface area (Å²) in [7, 11) is 0. The first-order chi connectivity index (χ1) is 11.2. The Morgan fingerprint density at radius 1 is 0.565 bits per heavy atom. The van der Waals surface area contributed by atoms with Gasteiger partial charge in [0.2, 0.25) is 0 Å². The van der Waals surface area contributed by atoms with E-state index >= 15 is 0 Å². The fourth-order valence-corrected chi connectivity index (χ4v) is 5.43. The smallest absolute Gasteiger partial charge is 0.140 e. The molecule has 3 aromatic rings. The lowest BCUT2D eigenvalue weighted by Gasteiger charge is -2.26. The van der Waals surface area contributed by atoms with Crippen LogP contribution in [0.4, 0.5) is 0 Å². The van der Waals surface area contributed by atoms with E-state index in [9.17, 15) is 0 Å². The zero-order chi connectivity index (χ0) is 16.5. The molecule has 0 spiro atoms. The van der Waals surface area contributed by atoms with Crippen LogP contribution in [0.2, 0.25) is 0 Å². The lowest BCUT2D eigenvalue weighted by molar-refractivity contribution is 0.0773. The van der Waals surface area contributed by atoms with Crippen molar-refractivity contribution in [2.45, 2.75) is 0 Å². The number of hydrogen-bond acceptors (Lipinski definition) is 2. The van der Waals surface area contributed by atoms with E-state index in [1.54, 1.807) is 0 Å². The van der Waals surface area contributed by atoms with Gasteiger partial charge in [-0.15, -0.1) is 0 Å². The van der Waals surface area contributed by atoms with Crippen molar-refractivity contribution in [2.24, 2.45) is 0 Å². The van der Waals surface area contributed by atoms with Crippen LogP contribution in [0, 0.1) is 0 Å². The van der Waals surface area contributed by atoms with Crippen molar-refractivity contribution in [2.75, 3.05) is 6.79 Å². The second-order valence-electron chi connectivity index (χ2n) is 4.96. The van der Waals surface area contributed by atoms with Crippen LogP contribution in [-0.2, 0) is 0 Å². The molecule has 2 nitrogen and oxygen atoms in total. The Morgan fingerprint density at radius 3 is 1.00 bits per heavy atom. The molecule has 0 saturated heterocycles. The summed E-state index contributed by atoms with van der Waals surface area (Å²) in [6, 6.07) is 31.9. The van der Waals surface area contributed by atoms with Crippen molar-refractivity contribution in [1.29, 1.82) is 0 Å². The van der Waals surface area contributed by atoms with Gasteiger partial charge in [-0.3, -0.25) is 0 Å². The summed E-state index contributed by atoms with van der Waals surface area (Å²) in [5, 5.41) is 18.2. The van der Waals surface area contributed by atoms with Gasteiger partial charge < -0.3 is 10.2 Å². The van der Waals surface area contributed by atoms with Crippen LogP contribution in [0.3, 0.4) is 0 Å². The van der Waals surface area contributed by atoms with Gasteiger partial charge in [-0.1, -0.05) is 97.3 Å². The van der Waals surface area contributed by atoms with Crippen molar-refractivity contribution in [3.05, 3.63) is 91.0 Å². The minimum absolute atomic E-state index is 0.750. The highest BCUT2D eigenvalue weighted by Gasteiger charge is 2.21. The van der Waals surface area contributed by atoms with Gasteiger partial charge in [0.1, 0.15) is 6.79 Å². The molecule has 23 heavy (non-hydrogen) atoms. The predicted octanol–water partition coefficient (Wildman–Crippen LogP) is 2.34. The summed E-state index contributed by atoms with van der Waals surface area (Å²) in [5.74, 6) is 0. The van der Waals surface area contributed by atoms with Crippen LogP contribution in [-0.4, -0.2) is 23.3 Å². The Kier molecular flexibility index (Phi) is 6.37. The minimum Gasteiger partial charge on any atom is -0.371 e. The van der Waals surface area contributed by atoms with Crippen LogP contribution in [0.15, 0.2) is 91.0 Å². The molecule has 2 N–H and O–H groups in total. The summed E-state index contributed by atoms with van der Waals surface area (Å²) in [4.78, 5) is 0. The lowest BCUT2D eigenvalue weighted by atomic mass is 10.4. The highest BCUT2D eigenvalue weighted by atomic mass is 31.2. The predicted molar refractivity (Wildman–Crippen MR) is 102 cm³/mol. The van der Waals surface area contributed by atoms with Gasteiger partial charge in [0, 0.05) is 0 Å². The van der Waals surface area contributed by atoms with Crippen molar-refractivity contribution >= 4 is 29.1 Å². The highest BCUT2D eigenvalue weighted by Crippen LogP contribution is 2.41. The first-order valence-electron chi connectivity index (χ1n) is 7.35. The topological polar surface area (TPSA) is 40.5 Å². The summed E-state index contributed by atoms with van der Waals surface area (Å²) in [5.41, 5.74) is 0. The van der Waals surface area contributed by atoms with E-state index in [0.29, 0.717) is 0 Å². The van der Waals surface area contributed by atoms with Gasteiger partial charge in [0.05, 0.1) is 0 Å². The van der Waals surface area contributed by atoms with Crippen molar-refractivity contribution in [3.63, 3.8) is 0 Å². The highest BCUT2D eigenvalue weighted by molar-refractivity contribution is 7.93. The molecule has 3 heteroatoms. The number of benzene rings is 3. The maximum atomic E-state index is 7.12. The number of rotatable bonds is 3. The van der Waals surface area contributed by atoms with E-state index in [2.05, 4.69) is 91.0 Å². The van der Waals surface area contributed by atoms with Gasteiger partial charge in [-0.05, 0) is 22.8 Å². The van der Waals surface area contributed by atoms with Crippen LogP contribution in [0.1, 0.15) is 0 Å². The molecule has 0 saturated carbocycles. The molecule has 0 atom stereocenters. The van der Waals surface area contributed by atoms with Gasteiger partial charge >= 0.3 is 0 Å². The average molecular weight is 324 g/mol. The normalized spacial score (nSPS) is 10.5. The van der Waals surface area contributed by atoms with Crippen LogP contribution in [0.5, 0.6) is 0 Å². The van der Waals surface area contributed by atoms with Crippen molar-refractivity contribution < 1.29 is 10.2 Å². The molecular weight excluding hydrogens is 303 g/mol.